The van der Waals surface area contributed by atoms with Crippen LogP contribution in [0.1, 0.15) is 25.0 Å². The fraction of sp³-hybridized carbons (Fsp3) is 0.350. The Bertz CT molecular complexity index is 1170. The number of anilines is 1. The number of benzene rings is 2. The first kappa shape index (κ1) is 21.7. The summed E-state index contributed by atoms with van der Waals surface area (Å²) >= 11 is 0. The fourth-order valence-corrected chi connectivity index (χ4v) is 4.52. The molecule has 0 bridgehead atoms. The molecule has 0 atom stereocenters. The summed E-state index contributed by atoms with van der Waals surface area (Å²) in [6.45, 7) is 7.87. The summed E-state index contributed by atoms with van der Waals surface area (Å²) in [7, 11) is -3.64. The van der Waals surface area contributed by atoms with E-state index >= 15 is 0 Å². The number of hydrogen-bond donors (Lipinski definition) is 1. The first-order valence-electron chi connectivity index (χ1n) is 9.62. The lowest BCUT2D eigenvalue weighted by Crippen LogP contribution is -2.30. The summed E-state index contributed by atoms with van der Waals surface area (Å²) < 4.78 is 26.9. The van der Waals surface area contributed by atoms with Crippen LogP contribution in [0.2, 0.25) is 0 Å². The summed E-state index contributed by atoms with van der Waals surface area (Å²) in [5.41, 5.74) is 3.58. The van der Waals surface area contributed by atoms with Crippen LogP contribution in [-0.2, 0) is 14.8 Å². The van der Waals surface area contributed by atoms with Gasteiger partial charge in [0.2, 0.25) is 10.0 Å². The van der Waals surface area contributed by atoms with Gasteiger partial charge in [-0.15, -0.1) is 5.10 Å². The number of nitrogens with one attached hydrogen (secondary N) is 1. The number of amides is 1. The Kier molecular flexibility index (Phi) is 6.37. The van der Waals surface area contributed by atoms with Crippen molar-refractivity contribution in [2.45, 2.75) is 32.6 Å². The molecule has 1 amide bonds. The third kappa shape index (κ3) is 4.29. The monoisotopic (exact) mass is 431 g/mol. The van der Waals surface area contributed by atoms with Crippen LogP contribution in [0.25, 0.3) is 11.0 Å². The maximum absolute atomic E-state index is 12.8. The molecule has 0 aliphatic rings. The zero-order valence-electron chi connectivity index (χ0n) is 17.4. The van der Waals surface area contributed by atoms with Crippen molar-refractivity contribution in [3.05, 3.63) is 47.5 Å². The highest BCUT2D eigenvalue weighted by Crippen LogP contribution is 2.21. The van der Waals surface area contributed by atoms with Crippen molar-refractivity contribution >= 4 is 32.7 Å². The lowest BCUT2D eigenvalue weighted by molar-refractivity contribution is -0.121. The van der Waals surface area contributed by atoms with Crippen molar-refractivity contribution < 1.29 is 18.0 Å². The fourth-order valence-electron chi connectivity index (χ4n) is 3.04. The van der Waals surface area contributed by atoms with Crippen molar-refractivity contribution in [1.29, 1.82) is 0 Å². The highest BCUT2D eigenvalue weighted by Gasteiger charge is 2.23. The summed E-state index contributed by atoms with van der Waals surface area (Å²) in [5, 5.41) is 10.6. The smallest absolute Gasteiger partial charge is 0.265 e. The number of aromatic nitrogens is 3. The highest BCUT2D eigenvalue weighted by molar-refractivity contribution is 7.89. The third-order valence-corrected chi connectivity index (χ3v) is 6.97. The van der Waals surface area contributed by atoms with Crippen molar-refractivity contribution in [1.82, 2.24) is 19.5 Å². The average molecular weight is 432 g/mol. The second-order valence-corrected chi connectivity index (χ2v) is 8.71. The first-order chi connectivity index (χ1) is 14.3. The minimum atomic E-state index is -3.64. The normalized spacial score (nSPS) is 11.8. The van der Waals surface area contributed by atoms with E-state index in [9.17, 15) is 13.2 Å². The van der Waals surface area contributed by atoms with Crippen molar-refractivity contribution in [2.75, 3.05) is 25.0 Å². The molecule has 160 valence electrons. The van der Waals surface area contributed by atoms with Crippen LogP contribution in [0.15, 0.2) is 41.3 Å². The van der Waals surface area contributed by atoms with Gasteiger partial charge in [-0.1, -0.05) is 30.8 Å². The Balaban J connectivity index is 1.78. The molecule has 0 radical (unpaired) electrons. The largest absolute Gasteiger partial charge is 0.385 e. The number of aryl methyl sites for hydroxylation is 1. The van der Waals surface area contributed by atoms with Crippen molar-refractivity contribution in [3.63, 3.8) is 0 Å². The minimum absolute atomic E-state index is 0.116. The molecule has 0 saturated carbocycles. The second kappa shape index (κ2) is 8.80. The molecule has 0 aliphatic heterocycles. The molecule has 0 unspecified atom stereocenters. The van der Waals surface area contributed by atoms with Crippen LogP contribution >= 0.6 is 0 Å². The summed E-state index contributed by atoms with van der Waals surface area (Å²) in [5.74, 6) is -0.362. The Morgan fingerprint density at radius 3 is 2.60 bits per heavy atom. The molecular formula is C20H25N5O4S. The molecule has 3 rings (SSSR count). The number of nitrogens with zero attached hydrogens (tertiary/aromatic N) is 4. The van der Waals surface area contributed by atoms with Crippen LogP contribution in [0.5, 0.6) is 0 Å². The number of hydrogen-bond acceptors (Lipinski definition) is 6. The molecule has 30 heavy (non-hydrogen) atoms. The number of sulfonamides is 1. The average Bonchev–Trinajstić information content (AvgIpc) is 3.13. The molecule has 1 N–H and O–H groups in total. The Morgan fingerprint density at radius 1 is 1.17 bits per heavy atom. The summed E-state index contributed by atoms with van der Waals surface area (Å²) in [6, 6.07) is 10.1. The van der Waals surface area contributed by atoms with Crippen LogP contribution < -0.4 is 10.2 Å². The lowest BCUT2D eigenvalue weighted by atomic mass is 10.1. The van der Waals surface area contributed by atoms with Gasteiger partial charge in [-0.05, 0) is 54.5 Å². The van der Waals surface area contributed by atoms with E-state index in [0.717, 1.165) is 16.0 Å². The van der Waals surface area contributed by atoms with E-state index < -0.39 is 10.0 Å². The van der Waals surface area contributed by atoms with E-state index in [1.165, 1.54) is 16.4 Å². The van der Waals surface area contributed by atoms with Crippen LogP contribution in [0.4, 0.5) is 5.69 Å². The van der Waals surface area contributed by atoms with Gasteiger partial charge in [-0.3, -0.25) is 4.79 Å². The first-order valence-corrected chi connectivity index (χ1v) is 11.1. The quantitative estimate of drug-likeness (QED) is 0.586. The Morgan fingerprint density at radius 2 is 1.90 bits per heavy atom. The van der Waals surface area contributed by atoms with Gasteiger partial charge in [0, 0.05) is 18.8 Å². The number of fused-ring (bicyclic) bond motifs is 1. The van der Waals surface area contributed by atoms with Crippen LogP contribution in [0, 0.1) is 13.8 Å². The maximum Gasteiger partial charge on any atom is 0.265 e. The van der Waals surface area contributed by atoms with E-state index in [-0.39, 0.29) is 17.4 Å². The molecule has 2 aromatic carbocycles. The molecule has 0 spiro atoms. The van der Waals surface area contributed by atoms with Gasteiger partial charge >= 0.3 is 0 Å². The van der Waals surface area contributed by atoms with Gasteiger partial charge in [-0.25, -0.2) is 8.42 Å². The Labute approximate surface area is 175 Å². The summed E-state index contributed by atoms with van der Waals surface area (Å²) in [4.78, 5) is 19.0. The third-order valence-electron chi connectivity index (χ3n) is 4.93. The lowest BCUT2D eigenvalue weighted by Gasteiger charge is -2.18. The molecule has 1 aromatic heterocycles. The predicted molar refractivity (Wildman–Crippen MR) is 114 cm³/mol. The molecule has 1 heterocycles. The molecule has 0 saturated heterocycles. The van der Waals surface area contributed by atoms with Gasteiger partial charge in [0.1, 0.15) is 11.0 Å². The van der Waals surface area contributed by atoms with Gasteiger partial charge in [0.15, 0.2) is 6.61 Å². The van der Waals surface area contributed by atoms with Crippen molar-refractivity contribution in [3.8, 4) is 0 Å². The highest BCUT2D eigenvalue weighted by atomic mass is 32.2. The molecule has 3 aromatic rings. The van der Waals surface area contributed by atoms with E-state index in [4.69, 9.17) is 4.84 Å². The van der Waals surface area contributed by atoms with Gasteiger partial charge in [0.25, 0.3) is 5.91 Å². The topological polar surface area (TPSA) is 106 Å². The second-order valence-electron chi connectivity index (χ2n) is 6.77. The van der Waals surface area contributed by atoms with Gasteiger partial charge in [-0.2, -0.15) is 4.31 Å². The summed E-state index contributed by atoms with van der Waals surface area (Å²) in [6.07, 6.45) is 0. The van der Waals surface area contributed by atoms with Gasteiger partial charge in [0.05, 0.1) is 4.90 Å². The minimum Gasteiger partial charge on any atom is -0.385 e. The standard InChI is InChI=1S/C20H25N5O4S/c1-5-24(6-2)30(27,28)16-10-11-18-19(12-16)25(23-22-18)29-13-20(26)21-17-9-7-8-14(3)15(17)4/h7-12H,5-6,13H2,1-4H3,(H,21,26). The number of carbonyl (C=O) groups is 1. The SMILES string of the molecule is CCN(CC)S(=O)(=O)c1ccc2nnn(OCC(=O)Nc3cccc(C)c3C)c2c1. The number of carbonyl (C=O) groups excluding carboxylic acids is 1. The molecule has 9 nitrogen and oxygen atoms in total. The van der Waals surface area contributed by atoms with E-state index in [2.05, 4.69) is 15.6 Å². The van der Waals surface area contributed by atoms with Crippen molar-refractivity contribution in [2.24, 2.45) is 0 Å². The Hall–Kier alpha value is -2.98. The molecular weight excluding hydrogens is 406 g/mol. The maximum atomic E-state index is 12.8. The van der Waals surface area contributed by atoms with E-state index in [1.54, 1.807) is 19.9 Å². The number of rotatable bonds is 8. The van der Waals surface area contributed by atoms with E-state index in [0.29, 0.717) is 29.8 Å². The molecule has 0 aliphatic carbocycles. The molecule has 0 fully saturated rings. The van der Waals surface area contributed by atoms with Gasteiger partial charge < -0.3 is 10.2 Å². The van der Waals surface area contributed by atoms with E-state index in [1.807, 2.05) is 32.0 Å². The zero-order valence-corrected chi connectivity index (χ0v) is 18.2. The zero-order chi connectivity index (χ0) is 21.9. The molecule has 10 heteroatoms. The predicted octanol–water partition coefficient (Wildman–Crippen LogP) is 2.15. The van der Waals surface area contributed by atoms with Crippen LogP contribution in [0.3, 0.4) is 0 Å². The van der Waals surface area contributed by atoms with Crippen LogP contribution in [-0.4, -0.2) is 53.5 Å².